The Morgan fingerprint density at radius 1 is 1.24 bits per heavy atom. The molecule has 1 unspecified atom stereocenters. The van der Waals surface area contributed by atoms with E-state index in [-0.39, 0.29) is 6.04 Å². The molecule has 1 heterocycles. The Labute approximate surface area is 107 Å². The van der Waals surface area contributed by atoms with Gasteiger partial charge in [0.2, 0.25) is 0 Å². The molecule has 5 heteroatoms. The Hall–Kier alpha value is -0.550. The number of nitrogens with zero attached hydrogens (tertiary/aromatic N) is 1. The van der Waals surface area contributed by atoms with E-state index in [2.05, 4.69) is 15.9 Å². The molecule has 0 radical (unpaired) electrons. The number of benzene rings is 1. The van der Waals surface area contributed by atoms with E-state index in [1.165, 1.54) is 4.90 Å². The van der Waals surface area contributed by atoms with Crippen molar-refractivity contribution in [3.05, 3.63) is 34.3 Å². The first-order valence-electron chi connectivity index (χ1n) is 5.52. The topological polar surface area (TPSA) is 3.24 Å². The molecule has 1 aliphatic heterocycles. The molecule has 0 saturated carbocycles. The molecule has 0 spiro atoms. The molecular weight excluding hydrogens is 295 g/mol. The van der Waals surface area contributed by atoms with Crippen LogP contribution in [-0.2, 0) is 0 Å². The average molecular weight is 308 g/mol. The molecule has 1 fully saturated rings. The maximum Gasteiger partial charge on any atom is 0.401 e. The molecule has 0 aromatic heterocycles. The summed E-state index contributed by atoms with van der Waals surface area (Å²) in [5.41, 5.74) is 0.968. The van der Waals surface area contributed by atoms with Crippen molar-refractivity contribution < 1.29 is 13.2 Å². The van der Waals surface area contributed by atoms with Crippen molar-refractivity contribution in [2.75, 3.05) is 13.1 Å². The minimum atomic E-state index is -4.11. The minimum absolute atomic E-state index is 0.0928. The normalized spacial score (nSPS) is 22.0. The molecule has 1 aromatic carbocycles. The lowest BCUT2D eigenvalue weighted by molar-refractivity contribution is -0.147. The largest absolute Gasteiger partial charge is 0.401 e. The Balaban J connectivity index is 2.11. The van der Waals surface area contributed by atoms with Crippen molar-refractivity contribution in [3.8, 4) is 0 Å². The summed E-state index contributed by atoms with van der Waals surface area (Å²) in [6, 6.07) is 7.44. The van der Waals surface area contributed by atoms with Gasteiger partial charge in [-0.1, -0.05) is 28.1 Å². The molecule has 1 saturated heterocycles. The zero-order chi connectivity index (χ0) is 12.5. The van der Waals surface area contributed by atoms with E-state index in [1.54, 1.807) is 0 Å². The standard InChI is InChI=1S/C12H13BrF3N/c13-10-5-3-9(4-6-10)11-2-1-7-17(11)8-12(14,15)16/h3-6,11H,1-2,7-8H2. The predicted octanol–water partition coefficient (Wildman–Crippen LogP) is 4.15. The fourth-order valence-electron chi connectivity index (χ4n) is 2.31. The van der Waals surface area contributed by atoms with Gasteiger partial charge in [0.1, 0.15) is 0 Å². The molecule has 1 aliphatic rings. The highest BCUT2D eigenvalue weighted by atomic mass is 79.9. The Bertz CT molecular complexity index is 374. The third-order valence-electron chi connectivity index (χ3n) is 3.00. The summed E-state index contributed by atoms with van der Waals surface area (Å²) in [6.07, 6.45) is -2.48. The van der Waals surface area contributed by atoms with Crippen LogP contribution in [0.4, 0.5) is 13.2 Å². The second kappa shape index (κ2) is 4.98. The number of alkyl halides is 3. The molecule has 0 amide bonds. The summed E-state index contributed by atoms with van der Waals surface area (Å²) in [7, 11) is 0. The van der Waals surface area contributed by atoms with Crippen LogP contribution in [0.15, 0.2) is 28.7 Å². The van der Waals surface area contributed by atoms with Crippen LogP contribution in [0.2, 0.25) is 0 Å². The summed E-state index contributed by atoms with van der Waals surface area (Å²) in [5.74, 6) is 0. The van der Waals surface area contributed by atoms with Crippen LogP contribution in [0.3, 0.4) is 0 Å². The van der Waals surface area contributed by atoms with Crippen molar-refractivity contribution in [2.24, 2.45) is 0 Å². The van der Waals surface area contributed by atoms with Crippen LogP contribution in [0.25, 0.3) is 0 Å². The quantitative estimate of drug-likeness (QED) is 0.793. The average Bonchev–Trinajstić information content (AvgIpc) is 2.64. The van der Waals surface area contributed by atoms with E-state index in [1.807, 2.05) is 24.3 Å². The summed E-state index contributed by atoms with van der Waals surface area (Å²) in [6.45, 7) is -0.284. The predicted molar refractivity (Wildman–Crippen MR) is 63.7 cm³/mol. The lowest BCUT2D eigenvalue weighted by Crippen LogP contribution is -2.33. The fourth-order valence-corrected chi connectivity index (χ4v) is 2.57. The van der Waals surface area contributed by atoms with Crippen LogP contribution in [-0.4, -0.2) is 24.2 Å². The van der Waals surface area contributed by atoms with Crippen molar-refractivity contribution in [1.29, 1.82) is 0 Å². The molecule has 17 heavy (non-hydrogen) atoms. The molecule has 0 bridgehead atoms. The second-order valence-electron chi connectivity index (χ2n) is 4.30. The molecule has 94 valence electrons. The van der Waals surface area contributed by atoms with Gasteiger partial charge in [-0.2, -0.15) is 13.2 Å². The Morgan fingerprint density at radius 3 is 2.47 bits per heavy atom. The molecule has 1 aromatic rings. The maximum absolute atomic E-state index is 12.4. The highest BCUT2D eigenvalue weighted by molar-refractivity contribution is 9.10. The number of likely N-dealkylation sites (tertiary alicyclic amines) is 1. The fraction of sp³-hybridized carbons (Fsp3) is 0.500. The molecule has 2 rings (SSSR count). The number of hydrogen-bond acceptors (Lipinski definition) is 1. The van der Waals surface area contributed by atoms with E-state index in [4.69, 9.17) is 0 Å². The summed E-state index contributed by atoms with van der Waals surface area (Å²) < 4.78 is 38.2. The van der Waals surface area contributed by atoms with Crippen LogP contribution < -0.4 is 0 Å². The molecule has 0 N–H and O–H groups in total. The second-order valence-corrected chi connectivity index (χ2v) is 5.21. The number of rotatable bonds is 2. The Kier molecular flexibility index (Phi) is 3.78. The Morgan fingerprint density at radius 2 is 1.88 bits per heavy atom. The SMILES string of the molecule is FC(F)(F)CN1CCCC1c1ccc(Br)cc1. The van der Waals surface area contributed by atoms with Gasteiger partial charge in [0.15, 0.2) is 0 Å². The van der Waals surface area contributed by atoms with Gasteiger partial charge in [-0.25, -0.2) is 0 Å². The third kappa shape index (κ3) is 3.45. The van der Waals surface area contributed by atoms with Gasteiger partial charge >= 0.3 is 6.18 Å². The summed E-state index contributed by atoms with van der Waals surface area (Å²) >= 11 is 3.32. The van der Waals surface area contributed by atoms with Crippen molar-refractivity contribution >= 4 is 15.9 Å². The van der Waals surface area contributed by atoms with E-state index < -0.39 is 12.7 Å². The lowest BCUT2D eigenvalue weighted by atomic mass is 10.0. The first kappa shape index (κ1) is 12.9. The summed E-state index contributed by atoms with van der Waals surface area (Å²) in [4.78, 5) is 1.52. The van der Waals surface area contributed by atoms with E-state index in [0.29, 0.717) is 6.54 Å². The molecule has 1 nitrogen and oxygen atoms in total. The van der Waals surface area contributed by atoms with Crippen LogP contribution in [0.1, 0.15) is 24.4 Å². The number of halogens is 4. The van der Waals surface area contributed by atoms with Gasteiger partial charge in [-0.15, -0.1) is 0 Å². The zero-order valence-electron chi connectivity index (χ0n) is 9.17. The smallest absolute Gasteiger partial charge is 0.288 e. The van der Waals surface area contributed by atoms with Crippen molar-refractivity contribution in [1.82, 2.24) is 4.90 Å². The van der Waals surface area contributed by atoms with E-state index in [0.717, 1.165) is 22.9 Å². The van der Waals surface area contributed by atoms with Crippen LogP contribution in [0.5, 0.6) is 0 Å². The number of hydrogen-bond donors (Lipinski definition) is 0. The molecular formula is C12H13BrF3N. The minimum Gasteiger partial charge on any atom is -0.288 e. The van der Waals surface area contributed by atoms with Gasteiger partial charge in [-0.05, 0) is 37.1 Å². The lowest BCUT2D eigenvalue weighted by Gasteiger charge is -2.25. The van der Waals surface area contributed by atoms with Crippen molar-refractivity contribution in [2.45, 2.75) is 25.1 Å². The maximum atomic E-state index is 12.4. The first-order chi connectivity index (χ1) is 7.96. The van der Waals surface area contributed by atoms with Gasteiger partial charge in [-0.3, -0.25) is 4.90 Å². The van der Waals surface area contributed by atoms with E-state index in [9.17, 15) is 13.2 Å². The van der Waals surface area contributed by atoms with Gasteiger partial charge in [0.05, 0.1) is 6.54 Å². The molecule has 1 atom stereocenters. The highest BCUT2D eigenvalue weighted by Gasteiger charge is 2.36. The van der Waals surface area contributed by atoms with Crippen LogP contribution in [0, 0.1) is 0 Å². The van der Waals surface area contributed by atoms with Gasteiger partial charge < -0.3 is 0 Å². The van der Waals surface area contributed by atoms with Gasteiger partial charge in [0.25, 0.3) is 0 Å². The van der Waals surface area contributed by atoms with Gasteiger partial charge in [0, 0.05) is 10.5 Å². The highest BCUT2D eigenvalue weighted by Crippen LogP contribution is 2.34. The van der Waals surface area contributed by atoms with Crippen LogP contribution >= 0.6 is 15.9 Å². The van der Waals surface area contributed by atoms with Crippen molar-refractivity contribution in [3.63, 3.8) is 0 Å². The third-order valence-corrected chi connectivity index (χ3v) is 3.53. The van der Waals surface area contributed by atoms with E-state index >= 15 is 0 Å². The first-order valence-corrected chi connectivity index (χ1v) is 6.31. The summed E-state index contributed by atoms with van der Waals surface area (Å²) in [5, 5.41) is 0. The monoisotopic (exact) mass is 307 g/mol. The molecule has 0 aliphatic carbocycles. The zero-order valence-corrected chi connectivity index (χ0v) is 10.8.